The summed E-state index contributed by atoms with van der Waals surface area (Å²) in [5.41, 5.74) is 14.9. The number of hydrogen-bond acceptors (Lipinski definition) is 2. The summed E-state index contributed by atoms with van der Waals surface area (Å²) in [6, 6.07) is 51.5. The van der Waals surface area contributed by atoms with Crippen LogP contribution in [0.1, 0.15) is 86.1 Å². The lowest BCUT2D eigenvalue weighted by molar-refractivity contribution is 0.589. The second-order valence-corrected chi connectivity index (χ2v) is 21.1. The predicted molar refractivity (Wildman–Crippen MR) is 262 cm³/mol. The van der Waals surface area contributed by atoms with Crippen LogP contribution in [0.2, 0.25) is 0 Å². The van der Waals surface area contributed by atoms with Gasteiger partial charge in [-0.25, -0.2) is 0 Å². The summed E-state index contributed by atoms with van der Waals surface area (Å²) in [6.07, 6.45) is 1.02. The predicted octanol–water partition coefficient (Wildman–Crippen LogP) is 16.5. The molecule has 290 valence electrons. The Labute approximate surface area is 357 Å². The van der Waals surface area contributed by atoms with Gasteiger partial charge >= 0.3 is 0 Å². The largest absolute Gasteiger partial charge is 0.152 e. The fourth-order valence-corrected chi connectivity index (χ4v) is 12.2. The topological polar surface area (TPSA) is 0 Å². The van der Waals surface area contributed by atoms with Crippen LogP contribution in [0, 0.1) is 0 Å². The van der Waals surface area contributed by atoms with E-state index in [1.807, 2.05) is 0 Å². The monoisotopic (exact) mass is 798 g/mol. The molecular formula is C57H50S2. The first-order valence-electron chi connectivity index (χ1n) is 21.3. The maximum absolute atomic E-state index is 2.55. The zero-order valence-electron chi connectivity index (χ0n) is 35.1. The zero-order chi connectivity index (χ0) is 40.2. The van der Waals surface area contributed by atoms with E-state index >= 15 is 0 Å². The number of thioether (sulfide) groups is 2. The highest BCUT2D eigenvalue weighted by atomic mass is 32.2. The molecule has 1 aliphatic carbocycles. The van der Waals surface area contributed by atoms with E-state index in [2.05, 4.69) is 199 Å². The molecule has 0 bridgehead atoms. The Bertz CT molecular complexity index is 3010. The molecule has 0 spiro atoms. The van der Waals surface area contributed by atoms with Crippen LogP contribution in [0.15, 0.2) is 133 Å². The van der Waals surface area contributed by atoms with Crippen LogP contribution in [0.5, 0.6) is 0 Å². The molecule has 0 fully saturated rings. The van der Waals surface area contributed by atoms with Gasteiger partial charge in [-0.2, -0.15) is 23.5 Å². The third-order valence-corrected chi connectivity index (χ3v) is 15.4. The lowest BCUT2D eigenvalue weighted by Gasteiger charge is -2.24. The molecule has 2 heteroatoms. The molecule has 0 radical (unpaired) electrons. The third-order valence-electron chi connectivity index (χ3n) is 13.3. The molecule has 10 aromatic carbocycles. The highest BCUT2D eigenvalue weighted by molar-refractivity contribution is 7.98. The second kappa shape index (κ2) is 13.8. The Hall–Kier alpha value is -5.02. The van der Waals surface area contributed by atoms with E-state index < -0.39 is 0 Å². The van der Waals surface area contributed by atoms with Crippen LogP contribution >= 0.6 is 23.5 Å². The van der Waals surface area contributed by atoms with Crippen molar-refractivity contribution in [3.63, 3.8) is 0 Å². The van der Waals surface area contributed by atoms with Crippen molar-refractivity contribution < 1.29 is 0 Å². The van der Waals surface area contributed by atoms with E-state index in [1.54, 1.807) is 11.1 Å². The first-order valence-corrected chi connectivity index (χ1v) is 23.6. The SMILES string of the molecule is CC(C)(C)c1cc(CSCc2ccc3ccc4cccc5ccc2c3c45)c2c(c1)-c1cc(C(C)(C)C)cc(CSCc3ccc4ccc5cccc6ccc3c4c56)c1C2. The van der Waals surface area contributed by atoms with Gasteiger partial charge < -0.3 is 0 Å². The Morgan fingerprint density at radius 3 is 1.10 bits per heavy atom. The van der Waals surface area contributed by atoms with Gasteiger partial charge in [0.05, 0.1) is 0 Å². The summed E-state index contributed by atoms with van der Waals surface area (Å²) in [4.78, 5) is 0. The fourth-order valence-electron chi connectivity index (χ4n) is 10.0. The van der Waals surface area contributed by atoms with Crippen LogP contribution in [-0.2, 0) is 40.3 Å². The van der Waals surface area contributed by atoms with Gasteiger partial charge in [-0.05, 0) is 138 Å². The van der Waals surface area contributed by atoms with Crippen LogP contribution < -0.4 is 0 Å². The summed E-state index contributed by atoms with van der Waals surface area (Å²) in [7, 11) is 0. The standard InChI is InChI=1S/C57H50S2/c1-56(2,3)44-25-42(32-58-30-40-19-17-38-15-13-34-9-7-11-36-21-23-46(40)54(38)52(34)36)48-29-49-43(26-45(57(4,5)6)28-51(49)50(48)27-44)33-59-31-41-20-18-39-16-14-35-10-8-12-37-22-24-47(41)55(39)53(35)37/h7-28H,29-33H2,1-6H3. The van der Waals surface area contributed by atoms with E-state index in [4.69, 9.17) is 0 Å². The van der Waals surface area contributed by atoms with Crippen molar-refractivity contribution in [1.82, 2.24) is 0 Å². The van der Waals surface area contributed by atoms with Crippen molar-refractivity contribution in [2.24, 2.45) is 0 Å². The quantitative estimate of drug-likeness (QED) is 0.140. The second-order valence-electron chi connectivity index (χ2n) is 19.1. The van der Waals surface area contributed by atoms with Gasteiger partial charge in [-0.3, -0.25) is 0 Å². The van der Waals surface area contributed by atoms with Gasteiger partial charge in [0.1, 0.15) is 0 Å². The molecule has 0 N–H and O–H groups in total. The molecule has 0 saturated heterocycles. The minimum atomic E-state index is 0.0598. The summed E-state index contributed by atoms with van der Waals surface area (Å²) in [5, 5.41) is 16.5. The fraction of sp³-hybridized carbons (Fsp3) is 0.228. The molecule has 0 saturated carbocycles. The molecule has 10 aromatic rings. The minimum absolute atomic E-state index is 0.0598. The molecule has 0 aromatic heterocycles. The summed E-state index contributed by atoms with van der Waals surface area (Å²) < 4.78 is 0. The zero-order valence-corrected chi connectivity index (χ0v) is 36.7. The van der Waals surface area contributed by atoms with Crippen molar-refractivity contribution in [3.8, 4) is 11.1 Å². The normalized spacial score (nSPS) is 13.3. The van der Waals surface area contributed by atoms with Crippen molar-refractivity contribution >= 4 is 88.2 Å². The highest BCUT2D eigenvalue weighted by Gasteiger charge is 2.29. The van der Waals surface area contributed by atoms with Gasteiger partial charge in [-0.1, -0.05) is 175 Å². The Morgan fingerprint density at radius 2 is 0.712 bits per heavy atom. The van der Waals surface area contributed by atoms with Crippen molar-refractivity contribution in [1.29, 1.82) is 0 Å². The van der Waals surface area contributed by atoms with Gasteiger partial charge in [0, 0.05) is 23.0 Å². The average molecular weight is 799 g/mol. The van der Waals surface area contributed by atoms with Crippen molar-refractivity contribution in [2.45, 2.75) is 81.8 Å². The summed E-state index contributed by atoms with van der Waals surface area (Å²) in [6.45, 7) is 14.2. The minimum Gasteiger partial charge on any atom is -0.152 e. The van der Waals surface area contributed by atoms with E-state index in [0.29, 0.717) is 0 Å². The molecule has 0 heterocycles. The Balaban J connectivity index is 0.917. The van der Waals surface area contributed by atoms with Gasteiger partial charge in [0.25, 0.3) is 0 Å². The van der Waals surface area contributed by atoms with E-state index in [0.717, 1.165) is 29.4 Å². The lowest BCUT2D eigenvalue weighted by Crippen LogP contribution is -2.13. The molecule has 1 aliphatic rings. The molecule has 11 rings (SSSR count). The number of hydrogen-bond donors (Lipinski definition) is 0. The smallest absolute Gasteiger partial charge is 0.0194 e. The Kier molecular flexibility index (Phi) is 8.64. The average Bonchev–Trinajstić information content (AvgIpc) is 3.61. The van der Waals surface area contributed by atoms with Crippen LogP contribution in [0.3, 0.4) is 0 Å². The van der Waals surface area contributed by atoms with Gasteiger partial charge in [0.2, 0.25) is 0 Å². The number of rotatable bonds is 8. The highest BCUT2D eigenvalue weighted by Crippen LogP contribution is 2.47. The summed E-state index contributed by atoms with van der Waals surface area (Å²) in [5.74, 6) is 4.00. The van der Waals surface area contributed by atoms with E-state index in [1.165, 1.54) is 109 Å². The molecule has 0 unspecified atom stereocenters. The van der Waals surface area contributed by atoms with E-state index in [-0.39, 0.29) is 10.8 Å². The number of fused-ring (bicyclic) bond motifs is 3. The lowest BCUT2D eigenvalue weighted by atomic mass is 9.82. The number of benzene rings is 10. The van der Waals surface area contributed by atoms with E-state index in [9.17, 15) is 0 Å². The molecule has 0 aliphatic heterocycles. The van der Waals surface area contributed by atoms with Crippen molar-refractivity contribution in [2.75, 3.05) is 0 Å². The Morgan fingerprint density at radius 1 is 0.373 bits per heavy atom. The molecular weight excluding hydrogens is 749 g/mol. The maximum Gasteiger partial charge on any atom is 0.0194 e. The molecule has 0 amide bonds. The first kappa shape index (κ1) is 37.0. The van der Waals surface area contributed by atoms with Crippen LogP contribution in [-0.4, -0.2) is 0 Å². The molecule has 0 nitrogen and oxygen atoms in total. The van der Waals surface area contributed by atoms with Crippen molar-refractivity contribution in [3.05, 3.63) is 178 Å². The summed E-state index contributed by atoms with van der Waals surface area (Å²) >= 11 is 4.15. The van der Waals surface area contributed by atoms with Gasteiger partial charge in [0.15, 0.2) is 0 Å². The molecule has 59 heavy (non-hydrogen) atoms. The molecule has 0 atom stereocenters. The third kappa shape index (κ3) is 6.20. The first-order chi connectivity index (χ1) is 28.5. The van der Waals surface area contributed by atoms with Crippen LogP contribution in [0.25, 0.3) is 75.8 Å². The van der Waals surface area contributed by atoms with Gasteiger partial charge in [-0.15, -0.1) is 0 Å². The maximum atomic E-state index is 2.55. The van der Waals surface area contributed by atoms with Crippen LogP contribution in [0.4, 0.5) is 0 Å².